The first kappa shape index (κ1) is 15.2. The number of nitrogens with one attached hydrogen (secondary N) is 1. The van der Waals surface area contributed by atoms with Gasteiger partial charge in [0.15, 0.2) is 0 Å². The molecule has 1 saturated heterocycles. The molecule has 0 radical (unpaired) electrons. The molecule has 0 amide bonds. The summed E-state index contributed by atoms with van der Waals surface area (Å²) in [7, 11) is 0. The highest BCUT2D eigenvalue weighted by molar-refractivity contribution is 7.20. The maximum absolute atomic E-state index is 11.3. The molecule has 0 bridgehead atoms. The zero-order valence-electron chi connectivity index (χ0n) is 12.8. The molecule has 2 aromatic heterocycles. The van der Waals surface area contributed by atoms with Crippen LogP contribution in [0.4, 0.5) is 5.82 Å². The second-order valence-electron chi connectivity index (χ2n) is 5.57. The van der Waals surface area contributed by atoms with E-state index in [2.05, 4.69) is 27.1 Å². The maximum atomic E-state index is 11.3. The number of rotatable bonds is 5. The van der Waals surface area contributed by atoms with Gasteiger partial charge in [-0.15, -0.1) is 11.3 Å². The fraction of sp³-hybridized carbons (Fsp3) is 0.533. The van der Waals surface area contributed by atoms with Gasteiger partial charge in [0.1, 0.15) is 21.9 Å². The van der Waals surface area contributed by atoms with Gasteiger partial charge in [0.25, 0.3) is 0 Å². The van der Waals surface area contributed by atoms with Gasteiger partial charge in [0.2, 0.25) is 0 Å². The number of aromatic carboxylic acids is 1. The molecule has 0 aliphatic carbocycles. The van der Waals surface area contributed by atoms with Crippen molar-refractivity contribution in [2.75, 3.05) is 25.0 Å². The van der Waals surface area contributed by atoms with E-state index in [-0.39, 0.29) is 0 Å². The molecule has 1 unspecified atom stereocenters. The third kappa shape index (κ3) is 2.66. The molecule has 3 heterocycles. The smallest absolute Gasteiger partial charge is 0.346 e. The maximum Gasteiger partial charge on any atom is 0.346 e. The Balaban J connectivity index is 1.86. The summed E-state index contributed by atoms with van der Waals surface area (Å²) in [5.41, 5.74) is 0.745. The second-order valence-corrected chi connectivity index (χ2v) is 6.57. The monoisotopic (exact) mass is 320 g/mol. The number of carboxylic acids is 1. The number of aromatic nitrogens is 2. The Bertz CT molecular complexity index is 700. The first-order chi connectivity index (χ1) is 10.6. The highest BCUT2D eigenvalue weighted by Crippen LogP contribution is 2.33. The molecule has 0 saturated carbocycles. The predicted molar refractivity (Wildman–Crippen MR) is 87.9 cm³/mol. The molecular formula is C15H20N4O2S. The highest BCUT2D eigenvalue weighted by Gasteiger charge is 2.24. The van der Waals surface area contributed by atoms with Gasteiger partial charge in [0, 0.05) is 12.6 Å². The van der Waals surface area contributed by atoms with Crippen LogP contribution in [0.25, 0.3) is 10.2 Å². The van der Waals surface area contributed by atoms with Gasteiger partial charge >= 0.3 is 5.97 Å². The summed E-state index contributed by atoms with van der Waals surface area (Å²) in [6.07, 6.45) is 3.93. The third-order valence-corrected chi connectivity index (χ3v) is 5.52. The summed E-state index contributed by atoms with van der Waals surface area (Å²) in [5, 5.41) is 13.5. The molecule has 1 aliphatic rings. The van der Waals surface area contributed by atoms with Gasteiger partial charge in [0.05, 0.1) is 5.39 Å². The number of aryl methyl sites for hydroxylation is 1. The summed E-state index contributed by atoms with van der Waals surface area (Å²) in [6, 6.07) is 0.521. The summed E-state index contributed by atoms with van der Waals surface area (Å²) in [4.78, 5) is 23.4. The number of carboxylic acid groups (broad SMARTS) is 1. The van der Waals surface area contributed by atoms with Crippen molar-refractivity contribution < 1.29 is 9.90 Å². The Morgan fingerprint density at radius 3 is 3.09 bits per heavy atom. The van der Waals surface area contributed by atoms with E-state index in [9.17, 15) is 9.90 Å². The number of carbonyl (C=O) groups is 1. The first-order valence-corrected chi connectivity index (χ1v) is 8.38. The number of nitrogens with zero attached hydrogens (tertiary/aromatic N) is 3. The number of likely N-dealkylation sites (tertiary alicyclic amines) is 1. The van der Waals surface area contributed by atoms with Gasteiger partial charge in [-0.1, -0.05) is 6.92 Å². The summed E-state index contributed by atoms with van der Waals surface area (Å²) >= 11 is 1.21. The van der Waals surface area contributed by atoms with Crippen molar-refractivity contribution >= 4 is 33.3 Å². The zero-order valence-corrected chi connectivity index (χ0v) is 13.6. The minimum atomic E-state index is -0.903. The molecule has 118 valence electrons. The average molecular weight is 320 g/mol. The van der Waals surface area contributed by atoms with Gasteiger partial charge in [-0.2, -0.15) is 0 Å². The average Bonchev–Trinajstić information content (AvgIpc) is 3.09. The minimum Gasteiger partial charge on any atom is -0.477 e. The quantitative estimate of drug-likeness (QED) is 0.881. The van der Waals surface area contributed by atoms with E-state index in [0.29, 0.717) is 10.9 Å². The van der Waals surface area contributed by atoms with Crippen molar-refractivity contribution in [1.29, 1.82) is 0 Å². The first-order valence-electron chi connectivity index (χ1n) is 7.57. The minimum absolute atomic E-state index is 0.342. The van der Waals surface area contributed by atoms with Crippen LogP contribution in [0.15, 0.2) is 6.33 Å². The van der Waals surface area contributed by atoms with Gasteiger partial charge < -0.3 is 10.4 Å². The Morgan fingerprint density at radius 2 is 2.36 bits per heavy atom. The molecule has 1 atom stereocenters. The van der Waals surface area contributed by atoms with Crippen molar-refractivity contribution in [2.24, 2.45) is 0 Å². The SMILES string of the molecule is CCN1CCCC1CNc1ncnc2sc(C(=O)O)c(C)c12. The highest BCUT2D eigenvalue weighted by atomic mass is 32.1. The number of hydrogen-bond acceptors (Lipinski definition) is 6. The lowest BCUT2D eigenvalue weighted by Gasteiger charge is -2.23. The predicted octanol–water partition coefficient (Wildman–Crippen LogP) is 2.59. The molecule has 2 N–H and O–H groups in total. The number of fused-ring (bicyclic) bond motifs is 1. The van der Waals surface area contributed by atoms with E-state index in [1.54, 1.807) is 0 Å². The van der Waals surface area contributed by atoms with Crippen LogP contribution >= 0.6 is 11.3 Å². The molecule has 22 heavy (non-hydrogen) atoms. The number of anilines is 1. The van der Waals surface area contributed by atoms with Crippen LogP contribution in [0.3, 0.4) is 0 Å². The van der Waals surface area contributed by atoms with E-state index < -0.39 is 5.97 Å². The lowest BCUT2D eigenvalue weighted by molar-refractivity contribution is 0.0701. The molecule has 1 aliphatic heterocycles. The molecule has 0 aromatic carbocycles. The molecule has 6 nitrogen and oxygen atoms in total. The van der Waals surface area contributed by atoms with Crippen molar-refractivity contribution in [3.8, 4) is 0 Å². The fourth-order valence-electron chi connectivity index (χ4n) is 3.17. The molecule has 7 heteroatoms. The molecular weight excluding hydrogens is 300 g/mol. The van der Waals surface area contributed by atoms with Crippen LogP contribution in [0.2, 0.25) is 0 Å². The van der Waals surface area contributed by atoms with E-state index >= 15 is 0 Å². The van der Waals surface area contributed by atoms with Gasteiger partial charge in [-0.05, 0) is 38.4 Å². The topological polar surface area (TPSA) is 78.3 Å². The van der Waals surface area contributed by atoms with Crippen molar-refractivity contribution in [3.05, 3.63) is 16.8 Å². The van der Waals surface area contributed by atoms with E-state index in [0.717, 1.165) is 41.2 Å². The van der Waals surface area contributed by atoms with Crippen LogP contribution in [-0.4, -0.2) is 51.6 Å². The summed E-state index contributed by atoms with van der Waals surface area (Å²) in [5.74, 6) is -0.159. The third-order valence-electron chi connectivity index (χ3n) is 4.33. The van der Waals surface area contributed by atoms with Gasteiger partial charge in [-0.3, -0.25) is 4.90 Å². The molecule has 3 rings (SSSR count). The standard InChI is InChI=1S/C15H20N4O2S/c1-3-19-6-4-5-10(19)7-16-13-11-9(2)12(15(20)21)22-14(11)18-8-17-13/h8,10H,3-7H2,1-2H3,(H,20,21)(H,16,17,18). The second kappa shape index (κ2) is 6.18. The van der Waals surface area contributed by atoms with Crippen molar-refractivity contribution in [1.82, 2.24) is 14.9 Å². The van der Waals surface area contributed by atoms with Crippen LogP contribution in [0.5, 0.6) is 0 Å². The van der Waals surface area contributed by atoms with E-state index in [1.807, 2.05) is 6.92 Å². The van der Waals surface area contributed by atoms with Crippen LogP contribution in [0.1, 0.15) is 35.0 Å². The largest absolute Gasteiger partial charge is 0.477 e. The van der Waals surface area contributed by atoms with E-state index in [1.165, 1.54) is 30.5 Å². The number of hydrogen-bond donors (Lipinski definition) is 2. The zero-order chi connectivity index (χ0) is 15.7. The summed E-state index contributed by atoms with van der Waals surface area (Å²) < 4.78 is 0. The van der Waals surface area contributed by atoms with Crippen LogP contribution in [0, 0.1) is 6.92 Å². The Hall–Kier alpha value is -1.73. The lowest BCUT2D eigenvalue weighted by Crippen LogP contribution is -2.34. The van der Waals surface area contributed by atoms with Crippen LogP contribution < -0.4 is 5.32 Å². The molecule has 2 aromatic rings. The lowest BCUT2D eigenvalue weighted by atomic mass is 10.2. The number of likely N-dealkylation sites (N-methyl/N-ethyl adjacent to an activating group) is 1. The fourth-order valence-corrected chi connectivity index (χ4v) is 4.15. The van der Waals surface area contributed by atoms with Crippen molar-refractivity contribution in [2.45, 2.75) is 32.7 Å². The Labute approximate surface area is 133 Å². The Kier molecular flexibility index (Phi) is 4.26. The van der Waals surface area contributed by atoms with Gasteiger partial charge in [-0.25, -0.2) is 14.8 Å². The molecule has 0 spiro atoms. The Morgan fingerprint density at radius 1 is 1.55 bits per heavy atom. The van der Waals surface area contributed by atoms with E-state index in [4.69, 9.17) is 0 Å². The summed E-state index contributed by atoms with van der Waals surface area (Å²) in [6.45, 7) is 7.06. The van der Waals surface area contributed by atoms with Crippen molar-refractivity contribution in [3.63, 3.8) is 0 Å². The number of thiophene rings is 1. The molecule has 1 fully saturated rings. The van der Waals surface area contributed by atoms with Crippen LogP contribution in [-0.2, 0) is 0 Å². The normalized spacial score (nSPS) is 18.9.